The highest BCUT2D eigenvalue weighted by Gasteiger charge is 2.43. The number of para-hydroxylation sites is 1. The minimum absolute atomic E-state index is 0.0558. The minimum Gasteiger partial charge on any atom is -0.467 e. The molecular weight excluding hydrogens is 416 g/mol. The van der Waals surface area contributed by atoms with Gasteiger partial charge in [0, 0.05) is 23.0 Å². The van der Waals surface area contributed by atoms with Crippen molar-refractivity contribution in [3.63, 3.8) is 0 Å². The third kappa shape index (κ3) is 3.57. The Hall–Kier alpha value is -3.26. The normalized spacial score (nSPS) is 17.8. The van der Waals surface area contributed by atoms with E-state index in [4.69, 9.17) is 9.47 Å². The maximum atomic E-state index is 13.0. The molecule has 8 heteroatoms. The van der Waals surface area contributed by atoms with Gasteiger partial charge in [-0.05, 0) is 29.3 Å². The van der Waals surface area contributed by atoms with E-state index < -0.39 is 24.0 Å². The van der Waals surface area contributed by atoms with Crippen molar-refractivity contribution in [3.8, 4) is 0 Å². The molecule has 4 rings (SSSR count). The Bertz CT molecular complexity index is 1150. The van der Waals surface area contributed by atoms with Gasteiger partial charge < -0.3 is 19.4 Å². The number of rotatable bonds is 4. The fraction of sp³-hybridized carbons (Fsp3) is 0.261. The minimum atomic E-state index is -0.790. The summed E-state index contributed by atoms with van der Waals surface area (Å²) in [5.41, 5.74) is 3.88. The summed E-state index contributed by atoms with van der Waals surface area (Å²) in [6, 6.07) is 13.3. The van der Waals surface area contributed by atoms with Crippen LogP contribution in [0.4, 0.5) is 0 Å². The van der Waals surface area contributed by atoms with Crippen LogP contribution in [0.5, 0.6) is 0 Å². The molecule has 2 heterocycles. The number of nitrogens with one attached hydrogen (secondary N) is 1. The molecule has 160 valence electrons. The van der Waals surface area contributed by atoms with Crippen LogP contribution < -0.4 is 0 Å². The number of aromatic nitrogens is 1. The van der Waals surface area contributed by atoms with E-state index in [9.17, 15) is 14.4 Å². The van der Waals surface area contributed by atoms with Gasteiger partial charge in [-0.2, -0.15) is 12.6 Å². The first-order valence-electron chi connectivity index (χ1n) is 9.77. The van der Waals surface area contributed by atoms with Crippen LogP contribution in [0, 0.1) is 0 Å². The molecule has 0 fully saturated rings. The van der Waals surface area contributed by atoms with Crippen molar-refractivity contribution >= 4 is 41.4 Å². The highest BCUT2D eigenvalue weighted by Crippen LogP contribution is 2.41. The van der Waals surface area contributed by atoms with Crippen molar-refractivity contribution in [2.45, 2.75) is 18.5 Å². The van der Waals surface area contributed by atoms with Crippen molar-refractivity contribution in [2.24, 2.45) is 0 Å². The Balaban J connectivity index is 1.92. The highest BCUT2D eigenvalue weighted by molar-refractivity contribution is 7.81. The molecule has 1 aromatic heterocycles. The first kappa shape index (κ1) is 21.0. The second kappa shape index (κ2) is 8.47. The van der Waals surface area contributed by atoms with Crippen LogP contribution in [0.25, 0.3) is 10.9 Å². The molecule has 0 saturated carbocycles. The maximum absolute atomic E-state index is 13.0. The molecule has 7 nitrogen and oxygen atoms in total. The number of amides is 1. The molecule has 1 aliphatic heterocycles. The SMILES string of the molecule is COC(=O)c1ccc([C@H]2c3[nH]c4ccccc4c3C[C@H](C(=O)OC)N2C(=O)CS)cc1. The molecule has 0 spiro atoms. The quantitative estimate of drug-likeness (QED) is 0.483. The van der Waals surface area contributed by atoms with Crippen LogP contribution in [-0.2, 0) is 25.5 Å². The number of methoxy groups -OCH3 is 2. The lowest BCUT2D eigenvalue weighted by Crippen LogP contribution is -2.52. The Labute approximate surface area is 184 Å². The summed E-state index contributed by atoms with van der Waals surface area (Å²) in [6.07, 6.45) is 0.336. The predicted molar refractivity (Wildman–Crippen MR) is 118 cm³/mol. The standard InChI is InChI=1S/C23H22N2O5S/c1-29-22(27)14-9-7-13(8-10-14)21-20-16(15-5-3-4-6-17(15)24-20)11-18(23(28)30-2)25(21)19(26)12-31/h3-10,18,21,24,31H,11-12H2,1-2H3/t18-,21+/m1/s1. The molecule has 0 aliphatic carbocycles. The van der Waals surface area contributed by atoms with Crippen molar-refractivity contribution in [1.82, 2.24) is 9.88 Å². The summed E-state index contributed by atoms with van der Waals surface area (Å²) in [7, 11) is 2.64. The molecular formula is C23H22N2O5S. The number of nitrogens with zero attached hydrogens (tertiary/aromatic N) is 1. The third-order valence-electron chi connectivity index (χ3n) is 5.68. The number of hydrogen-bond donors (Lipinski definition) is 2. The zero-order valence-corrected chi connectivity index (χ0v) is 18.0. The molecule has 1 amide bonds. The van der Waals surface area contributed by atoms with Gasteiger partial charge in [-0.15, -0.1) is 0 Å². The van der Waals surface area contributed by atoms with E-state index in [1.165, 1.54) is 19.1 Å². The predicted octanol–water partition coefficient (Wildman–Crippen LogP) is 2.90. The van der Waals surface area contributed by atoms with Gasteiger partial charge in [-0.1, -0.05) is 30.3 Å². The van der Waals surface area contributed by atoms with Gasteiger partial charge in [0.15, 0.2) is 0 Å². The fourth-order valence-corrected chi connectivity index (χ4v) is 4.43. The maximum Gasteiger partial charge on any atom is 0.337 e. The van der Waals surface area contributed by atoms with Crippen LogP contribution in [0.3, 0.4) is 0 Å². The fourth-order valence-electron chi connectivity index (χ4n) is 4.26. The smallest absolute Gasteiger partial charge is 0.337 e. The van der Waals surface area contributed by atoms with Crippen LogP contribution >= 0.6 is 12.6 Å². The number of carbonyl (C=O) groups is 3. The number of ether oxygens (including phenoxy) is 2. The lowest BCUT2D eigenvalue weighted by molar-refractivity contribution is -0.154. The van der Waals surface area contributed by atoms with E-state index in [0.717, 1.165) is 27.7 Å². The zero-order chi connectivity index (χ0) is 22.1. The van der Waals surface area contributed by atoms with Crippen LogP contribution in [0.15, 0.2) is 48.5 Å². The summed E-state index contributed by atoms with van der Waals surface area (Å²) in [5.74, 6) is -1.27. The van der Waals surface area contributed by atoms with E-state index in [0.29, 0.717) is 12.0 Å². The molecule has 0 saturated heterocycles. The summed E-state index contributed by atoms with van der Waals surface area (Å²) in [4.78, 5) is 42.5. The molecule has 1 aliphatic rings. The summed E-state index contributed by atoms with van der Waals surface area (Å²) < 4.78 is 9.82. The number of aromatic amines is 1. The van der Waals surface area contributed by atoms with Gasteiger partial charge in [-0.3, -0.25) is 4.79 Å². The average molecular weight is 439 g/mol. The number of carbonyl (C=O) groups excluding carboxylic acids is 3. The van der Waals surface area contributed by atoms with Crippen molar-refractivity contribution in [3.05, 3.63) is 70.9 Å². The molecule has 2 atom stereocenters. The third-order valence-corrected chi connectivity index (χ3v) is 5.95. The van der Waals surface area contributed by atoms with Gasteiger partial charge in [0.2, 0.25) is 5.91 Å². The lowest BCUT2D eigenvalue weighted by atomic mass is 9.87. The van der Waals surface area contributed by atoms with Crippen LogP contribution in [0.2, 0.25) is 0 Å². The Morgan fingerprint density at radius 3 is 2.42 bits per heavy atom. The first-order chi connectivity index (χ1) is 15.0. The highest BCUT2D eigenvalue weighted by atomic mass is 32.1. The largest absolute Gasteiger partial charge is 0.467 e. The monoisotopic (exact) mass is 438 g/mol. The van der Waals surface area contributed by atoms with Gasteiger partial charge in [0.1, 0.15) is 6.04 Å². The molecule has 31 heavy (non-hydrogen) atoms. The van der Waals surface area contributed by atoms with Gasteiger partial charge >= 0.3 is 11.9 Å². The van der Waals surface area contributed by atoms with Crippen molar-refractivity contribution < 1.29 is 23.9 Å². The van der Waals surface area contributed by atoms with E-state index in [1.807, 2.05) is 24.3 Å². The second-order valence-corrected chi connectivity index (χ2v) is 7.60. The summed E-state index contributed by atoms with van der Waals surface area (Å²) >= 11 is 4.18. The van der Waals surface area contributed by atoms with Gasteiger partial charge in [0.05, 0.1) is 31.6 Å². The summed E-state index contributed by atoms with van der Waals surface area (Å²) in [5, 5.41) is 1.00. The van der Waals surface area contributed by atoms with Crippen LogP contribution in [0.1, 0.15) is 33.2 Å². The van der Waals surface area contributed by atoms with E-state index >= 15 is 0 Å². The molecule has 0 unspecified atom stereocenters. The molecule has 3 aromatic rings. The number of H-pyrrole nitrogens is 1. The topological polar surface area (TPSA) is 88.7 Å². The Morgan fingerprint density at radius 2 is 1.77 bits per heavy atom. The number of thiol groups is 1. The van der Waals surface area contributed by atoms with Gasteiger partial charge in [-0.25, -0.2) is 9.59 Å². The summed E-state index contributed by atoms with van der Waals surface area (Å²) in [6.45, 7) is 0. The number of benzene rings is 2. The van der Waals surface area contributed by atoms with E-state index in [1.54, 1.807) is 24.3 Å². The van der Waals surface area contributed by atoms with Crippen molar-refractivity contribution in [2.75, 3.05) is 20.0 Å². The molecule has 2 aromatic carbocycles. The Kier molecular flexibility index (Phi) is 5.73. The molecule has 0 bridgehead atoms. The molecule has 1 N–H and O–H groups in total. The lowest BCUT2D eigenvalue weighted by Gasteiger charge is -2.40. The second-order valence-electron chi connectivity index (χ2n) is 7.28. The Morgan fingerprint density at radius 1 is 1.06 bits per heavy atom. The van der Waals surface area contributed by atoms with E-state index in [-0.39, 0.29) is 11.7 Å². The average Bonchev–Trinajstić information content (AvgIpc) is 3.19. The number of hydrogen-bond acceptors (Lipinski definition) is 6. The van der Waals surface area contributed by atoms with E-state index in [2.05, 4.69) is 17.6 Å². The van der Waals surface area contributed by atoms with Crippen molar-refractivity contribution in [1.29, 1.82) is 0 Å². The number of esters is 2. The molecule has 0 radical (unpaired) electrons. The van der Waals surface area contributed by atoms with Crippen LogP contribution in [-0.4, -0.2) is 53.7 Å². The number of fused-ring (bicyclic) bond motifs is 3. The zero-order valence-electron chi connectivity index (χ0n) is 17.1. The van der Waals surface area contributed by atoms with Gasteiger partial charge in [0.25, 0.3) is 0 Å². The first-order valence-corrected chi connectivity index (χ1v) is 10.4.